The van der Waals surface area contributed by atoms with Crippen LogP contribution in [0.3, 0.4) is 0 Å². The average Bonchev–Trinajstić information content (AvgIpc) is 2.90. The fourth-order valence-electron chi connectivity index (χ4n) is 6.83. The summed E-state index contributed by atoms with van der Waals surface area (Å²) in [4.78, 5) is 0. The van der Waals surface area contributed by atoms with Gasteiger partial charge in [-0.1, -0.05) is 102 Å². The van der Waals surface area contributed by atoms with E-state index < -0.39 is 0 Å². The Bertz CT molecular complexity index is 1100. The van der Waals surface area contributed by atoms with E-state index in [2.05, 4.69) is 123 Å². The van der Waals surface area contributed by atoms with E-state index in [-0.39, 0.29) is 16.5 Å². The SMILES string of the molecule is CC1=CCC(Nc2ccc(C)cc2)(C2(C3(Nc4ccc(C)cc4)C=CC(C)=CC3)CCCCC2)C=C1. The summed E-state index contributed by atoms with van der Waals surface area (Å²) in [5.74, 6) is 0. The first-order valence-corrected chi connectivity index (χ1v) is 13.8. The number of nitrogens with one attached hydrogen (secondary N) is 2. The first-order valence-electron chi connectivity index (χ1n) is 13.8. The summed E-state index contributed by atoms with van der Waals surface area (Å²) in [5, 5.41) is 8.31. The number of rotatable bonds is 6. The van der Waals surface area contributed by atoms with E-state index in [4.69, 9.17) is 0 Å². The monoisotopic (exact) mass is 478 g/mol. The van der Waals surface area contributed by atoms with E-state index in [9.17, 15) is 0 Å². The first kappa shape index (κ1) is 24.7. The third kappa shape index (κ3) is 4.47. The summed E-state index contributed by atoms with van der Waals surface area (Å²) in [6, 6.07) is 17.9. The van der Waals surface area contributed by atoms with Crippen molar-refractivity contribution in [3.05, 3.63) is 107 Å². The summed E-state index contributed by atoms with van der Waals surface area (Å²) in [6.45, 7) is 8.78. The second-order valence-corrected chi connectivity index (χ2v) is 11.5. The average molecular weight is 479 g/mol. The third-order valence-corrected chi connectivity index (χ3v) is 9.01. The lowest BCUT2D eigenvalue weighted by Crippen LogP contribution is -2.67. The van der Waals surface area contributed by atoms with Crippen molar-refractivity contribution in [2.24, 2.45) is 5.41 Å². The molecule has 1 fully saturated rings. The highest BCUT2D eigenvalue weighted by Gasteiger charge is 2.61. The molecule has 2 aromatic carbocycles. The predicted molar refractivity (Wildman–Crippen MR) is 156 cm³/mol. The van der Waals surface area contributed by atoms with E-state index in [1.807, 2.05) is 0 Å². The molecule has 0 radical (unpaired) electrons. The molecule has 2 atom stereocenters. The maximum Gasteiger partial charge on any atom is 0.0675 e. The molecule has 5 rings (SSSR count). The van der Waals surface area contributed by atoms with E-state index >= 15 is 0 Å². The highest BCUT2D eigenvalue weighted by atomic mass is 15.1. The molecule has 2 aromatic rings. The molecule has 36 heavy (non-hydrogen) atoms. The van der Waals surface area contributed by atoms with Crippen molar-refractivity contribution >= 4 is 11.4 Å². The Labute approximate surface area is 218 Å². The van der Waals surface area contributed by atoms with Crippen molar-refractivity contribution in [2.45, 2.75) is 83.7 Å². The Balaban J connectivity index is 1.67. The summed E-state index contributed by atoms with van der Waals surface area (Å²) >= 11 is 0. The van der Waals surface area contributed by atoms with Crippen molar-refractivity contribution < 1.29 is 0 Å². The molecule has 2 unspecified atom stereocenters. The van der Waals surface area contributed by atoms with Gasteiger partial charge < -0.3 is 10.6 Å². The Morgan fingerprint density at radius 2 is 0.972 bits per heavy atom. The number of hydrogen-bond donors (Lipinski definition) is 2. The maximum atomic E-state index is 4.15. The molecule has 0 spiro atoms. The smallest absolute Gasteiger partial charge is 0.0675 e. The van der Waals surface area contributed by atoms with Gasteiger partial charge in [0, 0.05) is 16.8 Å². The molecule has 0 bridgehead atoms. The Morgan fingerprint density at radius 1 is 0.556 bits per heavy atom. The Hall–Kier alpha value is -3.00. The van der Waals surface area contributed by atoms with Crippen LogP contribution in [0.1, 0.15) is 69.9 Å². The highest BCUT2D eigenvalue weighted by molar-refractivity contribution is 5.57. The van der Waals surface area contributed by atoms with Crippen LogP contribution in [-0.2, 0) is 0 Å². The molecular weight excluding hydrogens is 436 g/mol. The zero-order valence-electron chi connectivity index (χ0n) is 22.5. The van der Waals surface area contributed by atoms with Gasteiger partial charge in [0.2, 0.25) is 0 Å². The number of anilines is 2. The zero-order valence-corrected chi connectivity index (χ0v) is 22.5. The van der Waals surface area contributed by atoms with Crippen LogP contribution in [0.15, 0.2) is 96.1 Å². The predicted octanol–water partition coefficient (Wildman–Crippen LogP) is 9.07. The Morgan fingerprint density at radius 3 is 1.33 bits per heavy atom. The molecule has 0 aliphatic heterocycles. The third-order valence-electron chi connectivity index (χ3n) is 9.01. The van der Waals surface area contributed by atoms with Crippen LogP contribution in [-0.4, -0.2) is 11.1 Å². The summed E-state index contributed by atoms with van der Waals surface area (Å²) in [7, 11) is 0. The summed E-state index contributed by atoms with van der Waals surface area (Å²) in [5.41, 5.74) is 7.34. The van der Waals surface area contributed by atoms with Gasteiger partial charge in [0.05, 0.1) is 11.1 Å². The van der Waals surface area contributed by atoms with Crippen molar-refractivity contribution in [3.63, 3.8) is 0 Å². The van der Waals surface area contributed by atoms with E-state index in [1.54, 1.807) is 0 Å². The number of benzene rings is 2. The Kier molecular flexibility index (Phi) is 6.72. The minimum Gasteiger partial charge on any atom is -0.375 e. The highest BCUT2D eigenvalue weighted by Crippen LogP contribution is 2.59. The van der Waals surface area contributed by atoms with Gasteiger partial charge >= 0.3 is 0 Å². The van der Waals surface area contributed by atoms with Crippen LogP contribution in [0.2, 0.25) is 0 Å². The summed E-state index contributed by atoms with van der Waals surface area (Å²) < 4.78 is 0. The zero-order chi connectivity index (χ0) is 25.2. The van der Waals surface area contributed by atoms with Crippen LogP contribution < -0.4 is 10.6 Å². The molecule has 0 saturated heterocycles. The van der Waals surface area contributed by atoms with Gasteiger partial charge in [-0.2, -0.15) is 0 Å². The molecule has 3 aliphatic carbocycles. The molecule has 1 saturated carbocycles. The molecule has 0 heterocycles. The molecular formula is C34H42N2. The standard InChI is InChI=1S/C34H42N2/c1-26-8-12-30(13-9-26)35-33(22-16-28(3)17-23-33)32(20-6-5-7-21-32)34(24-18-29(4)19-25-34)36-31-14-10-27(2)11-15-31/h8-19,22,24,35-36H,5-7,20-21,23,25H2,1-4H3. The van der Waals surface area contributed by atoms with Crippen LogP contribution in [0.5, 0.6) is 0 Å². The van der Waals surface area contributed by atoms with Crippen LogP contribution in [0, 0.1) is 19.3 Å². The molecule has 2 nitrogen and oxygen atoms in total. The van der Waals surface area contributed by atoms with Crippen LogP contribution in [0.4, 0.5) is 11.4 Å². The molecule has 0 amide bonds. The van der Waals surface area contributed by atoms with Crippen molar-refractivity contribution in [3.8, 4) is 0 Å². The maximum absolute atomic E-state index is 4.15. The molecule has 2 heteroatoms. The largest absolute Gasteiger partial charge is 0.375 e. The number of hydrogen-bond acceptors (Lipinski definition) is 2. The van der Waals surface area contributed by atoms with Crippen LogP contribution in [0.25, 0.3) is 0 Å². The van der Waals surface area contributed by atoms with Gasteiger partial charge in [0.25, 0.3) is 0 Å². The minimum atomic E-state index is -0.191. The van der Waals surface area contributed by atoms with Gasteiger partial charge in [0.15, 0.2) is 0 Å². The van der Waals surface area contributed by atoms with Gasteiger partial charge in [0.1, 0.15) is 0 Å². The van der Waals surface area contributed by atoms with Crippen molar-refractivity contribution in [1.29, 1.82) is 0 Å². The van der Waals surface area contributed by atoms with Gasteiger partial charge in [-0.3, -0.25) is 0 Å². The lowest BCUT2D eigenvalue weighted by atomic mass is 9.49. The molecule has 0 aromatic heterocycles. The normalized spacial score (nSPS) is 27.2. The lowest BCUT2D eigenvalue weighted by Gasteiger charge is -2.62. The topological polar surface area (TPSA) is 24.1 Å². The van der Waals surface area contributed by atoms with E-state index in [1.165, 1.54) is 65.8 Å². The number of allylic oxidation sites excluding steroid dienone is 4. The van der Waals surface area contributed by atoms with Crippen LogP contribution >= 0.6 is 0 Å². The van der Waals surface area contributed by atoms with Gasteiger partial charge in [-0.15, -0.1) is 0 Å². The van der Waals surface area contributed by atoms with Gasteiger partial charge in [-0.05, 0) is 77.6 Å². The minimum absolute atomic E-state index is 0.00454. The molecule has 188 valence electrons. The van der Waals surface area contributed by atoms with Crippen molar-refractivity contribution in [2.75, 3.05) is 10.6 Å². The molecule has 3 aliphatic rings. The summed E-state index contributed by atoms with van der Waals surface area (Å²) in [6.07, 6.45) is 22.9. The second kappa shape index (κ2) is 9.81. The van der Waals surface area contributed by atoms with Gasteiger partial charge in [-0.25, -0.2) is 0 Å². The van der Waals surface area contributed by atoms with Crippen molar-refractivity contribution in [1.82, 2.24) is 0 Å². The second-order valence-electron chi connectivity index (χ2n) is 11.5. The van der Waals surface area contributed by atoms with E-state index in [0.29, 0.717) is 0 Å². The molecule has 2 N–H and O–H groups in total. The first-order chi connectivity index (χ1) is 17.4. The fraction of sp³-hybridized carbons (Fsp3) is 0.412. The lowest BCUT2D eigenvalue weighted by molar-refractivity contribution is 0.0495. The van der Waals surface area contributed by atoms with E-state index in [0.717, 1.165) is 12.8 Å². The fourth-order valence-corrected chi connectivity index (χ4v) is 6.83. The number of aryl methyl sites for hydroxylation is 2. The quantitative estimate of drug-likeness (QED) is 0.433.